The highest BCUT2D eigenvalue weighted by molar-refractivity contribution is 7.93. The van der Waals surface area contributed by atoms with E-state index in [1.807, 2.05) is 6.92 Å². The fourth-order valence-corrected chi connectivity index (χ4v) is 5.36. The van der Waals surface area contributed by atoms with E-state index in [1.165, 1.54) is 24.3 Å². The monoisotopic (exact) mass is 492 g/mol. The Morgan fingerprint density at radius 1 is 0.857 bits per heavy atom. The first-order valence-corrected chi connectivity index (χ1v) is 12.6. The zero-order valence-electron chi connectivity index (χ0n) is 19.1. The summed E-state index contributed by atoms with van der Waals surface area (Å²) in [6, 6.07) is 20.4. The van der Waals surface area contributed by atoms with Crippen LogP contribution in [0.4, 0.5) is 5.69 Å². The van der Waals surface area contributed by atoms with Crippen LogP contribution in [0.25, 0.3) is 0 Å². The molecule has 0 radical (unpaired) electrons. The number of benzene rings is 3. The van der Waals surface area contributed by atoms with Gasteiger partial charge in [0, 0.05) is 13.0 Å². The number of sulfonamides is 1. The molecule has 0 aliphatic carbocycles. The second-order valence-electron chi connectivity index (χ2n) is 7.81. The predicted octanol–water partition coefficient (Wildman–Crippen LogP) is 3.88. The van der Waals surface area contributed by atoms with Crippen LogP contribution in [-0.2, 0) is 14.8 Å². The molecule has 0 fully saturated rings. The Bertz CT molecular complexity index is 1320. The first kappa shape index (κ1) is 24.2. The number of ether oxygens (including phenoxy) is 1. The van der Waals surface area contributed by atoms with Crippen LogP contribution in [-0.4, -0.2) is 44.2 Å². The molecular formula is C26H24N2O6S. The van der Waals surface area contributed by atoms with Gasteiger partial charge in [-0.3, -0.25) is 19.3 Å². The van der Waals surface area contributed by atoms with E-state index in [1.54, 1.807) is 54.6 Å². The number of anilines is 1. The molecule has 3 aromatic carbocycles. The lowest BCUT2D eigenvalue weighted by atomic mass is 10.1. The number of rotatable bonds is 9. The predicted molar refractivity (Wildman–Crippen MR) is 130 cm³/mol. The van der Waals surface area contributed by atoms with Gasteiger partial charge in [0.15, 0.2) is 0 Å². The van der Waals surface area contributed by atoms with Gasteiger partial charge >= 0.3 is 0 Å². The number of hydrogen-bond donors (Lipinski definition) is 0. The van der Waals surface area contributed by atoms with Gasteiger partial charge in [-0.15, -0.1) is 0 Å². The highest BCUT2D eigenvalue weighted by Gasteiger charge is 2.35. The van der Waals surface area contributed by atoms with Gasteiger partial charge in [-0.1, -0.05) is 30.3 Å². The Hall–Kier alpha value is -3.98. The molecule has 0 spiro atoms. The first-order valence-electron chi connectivity index (χ1n) is 11.2. The van der Waals surface area contributed by atoms with Gasteiger partial charge in [0.2, 0.25) is 5.91 Å². The second kappa shape index (κ2) is 10.1. The molecule has 0 aromatic heterocycles. The molecule has 1 aliphatic rings. The first-order chi connectivity index (χ1) is 16.8. The summed E-state index contributed by atoms with van der Waals surface area (Å²) in [7, 11) is -4.20. The van der Waals surface area contributed by atoms with E-state index in [4.69, 9.17) is 4.74 Å². The van der Waals surface area contributed by atoms with Gasteiger partial charge in [-0.05, 0) is 61.9 Å². The van der Waals surface area contributed by atoms with E-state index < -0.39 is 27.7 Å². The Morgan fingerprint density at radius 2 is 1.43 bits per heavy atom. The zero-order chi connectivity index (χ0) is 25.0. The molecule has 0 atom stereocenters. The minimum atomic E-state index is -4.20. The molecule has 35 heavy (non-hydrogen) atoms. The van der Waals surface area contributed by atoms with E-state index >= 15 is 0 Å². The summed E-state index contributed by atoms with van der Waals surface area (Å²) in [5.41, 5.74) is 0.820. The molecule has 1 aliphatic heterocycles. The van der Waals surface area contributed by atoms with Gasteiger partial charge in [0.1, 0.15) is 5.75 Å². The minimum Gasteiger partial charge on any atom is -0.494 e. The molecule has 3 aromatic rings. The number of hydrogen-bond acceptors (Lipinski definition) is 6. The largest absolute Gasteiger partial charge is 0.494 e. The van der Waals surface area contributed by atoms with E-state index in [9.17, 15) is 22.8 Å². The maximum Gasteiger partial charge on any atom is 0.270 e. The zero-order valence-corrected chi connectivity index (χ0v) is 19.9. The smallest absolute Gasteiger partial charge is 0.270 e. The Balaban J connectivity index is 1.54. The lowest BCUT2D eigenvalue weighted by Crippen LogP contribution is -2.38. The summed E-state index contributed by atoms with van der Waals surface area (Å²) in [4.78, 5) is 39.5. The number of imide groups is 1. The Morgan fingerprint density at radius 3 is 2.00 bits per heavy atom. The van der Waals surface area contributed by atoms with Gasteiger partial charge in [0.05, 0.1) is 28.3 Å². The summed E-state index contributed by atoms with van der Waals surface area (Å²) >= 11 is 0. The number of carbonyl (C=O) groups excluding carboxylic acids is 3. The lowest BCUT2D eigenvalue weighted by Gasteiger charge is -2.23. The van der Waals surface area contributed by atoms with Crippen molar-refractivity contribution < 1.29 is 27.5 Å². The standard InChI is InChI=1S/C26H24N2O6S/c1-2-34-20-16-14-19(15-17-20)28(35(32,33)21-9-4-3-5-10-21)24(29)13-8-18-27-25(30)22-11-6-7-12-23(22)26(27)31/h3-7,9-12,14-17H,2,8,13,18H2,1H3. The maximum atomic E-state index is 13.4. The molecule has 3 amide bonds. The fraction of sp³-hybridized carbons (Fsp3) is 0.192. The number of carbonyl (C=O) groups is 3. The van der Waals surface area contributed by atoms with Crippen LogP contribution < -0.4 is 9.04 Å². The third kappa shape index (κ3) is 4.81. The third-order valence-corrected chi connectivity index (χ3v) is 7.30. The van der Waals surface area contributed by atoms with Crippen LogP contribution in [0, 0.1) is 0 Å². The summed E-state index contributed by atoms with van der Waals surface area (Å²) < 4.78 is 33.0. The average molecular weight is 493 g/mol. The molecule has 8 nitrogen and oxygen atoms in total. The lowest BCUT2D eigenvalue weighted by molar-refractivity contribution is -0.117. The van der Waals surface area contributed by atoms with E-state index in [0.29, 0.717) is 23.5 Å². The molecule has 1 heterocycles. The van der Waals surface area contributed by atoms with Crippen LogP contribution >= 0.6 is 0 Å². The number of fused-ring (bicyclic) bond motifs is 1. The van der Waals surface area contributed by atoms with Gasteiger partial charge in [-0.25, -0.2) is 12.7 Å². The molecular weight excluding hydrogens is 468 g/mol. The molecule has 0 saturated carbocycles. The number of nitrogens with zero attached hydrogens (tertiary/aromatic N) is 2. The van der Waals surface area contributed by atoms with Crippen LogP contribution in [0.5, 0.6) is 5.75 Å². The van der Waals surface area contributed by atoms with Crippen molar-refractivity contribution in [2.45, 2.75) is 24.7 Å². The highest BCUT2D eigenvalue weighted by Crippen LogP contribution is 2.28. The van der Waals surface area contributed by atoms with Gasteiger partial charge < -0.3 is 4.74 Å². The normalized spacial score (nSPS) is 13.0. The van der Waals surface area contributed by atoms with Crippen molar-refractivity contribution in [3.63, 3.8) is 0 Å². The van der Waals surface area contributed by atoms with Gasteiger partial charge in [-0.2, -0.15) is 0 Å². The van der Waals surface area contributed by atoms with Crippen molar-refractivity contribution >= 4 is 33.4 Å². The van der Waals surface area contributed by atoms with Crippen LogP contribution in [0.3, 0.4) is 0 Å². The molecule has 180 valence electrons. The molecule has 0 unspecified atom stereocenters. The summed E-state index contributed by atoms with van der Waals surface area (Å²) in [5, 5.41) is 0. The SMILES string of the molecule is CCOc1ccc(N(C(=O)CCCN2C(=O)c3ccccc3C2=O)S(=O)(=O)c2ccccc2)cc1. The molecule has 4 rings (SSSR count). The topological polar surface area (TPSA) is 101 Å². The molecule has 9 heteroatoms. The fourth-order valence-electron chi connectivity index (χ4n) is 3.89. The van der Waals surface area contributed by atoms with Crippen molar-refractivity contribution in [2.24, 2.45) is 0 Å². The molecule has 0 saturated heterocycles. The quantitative estimate of drug-likeness (QED) is 0.420. The van der Waals surface area contributed by atoms with Crippen LogP contribution in [0.1, 0.15) is 40.5 Å². The van der Waals surface area contributed by atoms with E-state index in [2.05, 4.69) is 0 Å². The average Bonchev–Trinajstić information content (AvgIpc) is 3.11. The van der Waals surface area contributed by atoms with Crippen LogP contribution in [0.2, 0.25) is 0 Å². The van der Waals surface area contributed by atoms with Crippen LogP contribution in [0.15, 0.2) is 83.8 Å². The molecule has 0 N–H and O–H groups in total. The summed E-state index contributed by atoms with van der Waals surface area (Å²) in [6.45, 7) is 2.28. The summed E-state index contributed by atoms with van der Waals surface area (Å²) in [5.74, 6) is -0.961. The maximum absolute atomic E-state index is 13.4. The Kier molecular flexibility index (Phi) is 6.97. The van der Waals surface area contributed by atoms with E-state index in [0.717, 1.165) is 9.21 Å². The molecule has 0 bridgehead atoms. The number of amides is 3. The van der Waals surface area contributed by atoms with E-state index in [-0.39, 0.29) is 30.0 Å². The highest BCUT2D eigenvalue weighted by atomic mass is 32.2. The van der Waals surface area contributed by atoms with Crippen molar-refractivity contribution in [1.29, 1.82) is 0 Å². The summed E-state index contributed by atoms with van der Waals surface area (Å²) in [6.07, 6.45) is -0.0746. The van der Waals surface area contributed by atoms with Crippen molar-refractivity contribution in [1.82, 2.24) is 4.90 Å². The Labute approximate surface area is 203 Å². The van der Waals surface area contributed by atoms with Crippen molar-refractivity contribution in [3.8, 4) is 5.75 Å². The van der Waals surface area contributed by atoms with Crippen molar-refractivity contribution in [2.75, 3.05) is 17.5 Å². The van der Waals surface area contributed by atoms with Gasteiger partial charge in [0.25, 0.3) is 21.8 Å². The minimum absolute atomic E-state index is 0.000584. The van der Waals surface area contributed by atoms with Crippen molar-refractivity contribution in [3.05, 3.63) is 90.0 Å². The second-order valence-corrected chi connectivity index (χ2v) is 9.60. The third-order valence-electron chi connectivity index (χ3n) is 5.54.